The first kappa shape index (κ1) is 12.7. The highest BCUT2D eigenvalue weighted by Gasteiger charge is 2.11. The second-order valence-electron chi connectivity index (χ2n) is 4.11. The van der Waals surface area contributed by atoms with Crippen molar-refractivity contribution in [3.05, 3.63) is 18.5 Å². The Balaban J connectivity index is 2.19. The summed E-state index contributed by atoms with van der Waals surface area (Å²) in [6, 6.07) is 1.90. The van der Waals surface area contributed by atoms with Gasteiger partial charge in [0.15, 0.2) is 0 Å². The van der Waals surface area contributed by atoms with Gasteiger partial charge in [-0.05, 0) is 26.8 Å². The Morgan fingerprint density at radius 1 is 1.44 bits per heavy atom. The van der Waals surface area contributed by atoms with Gasteiger partial charge >= 0.3 is 0 Å². The maximum atomic E-state index is 11.5. The third-order valence-electron chi connectivity index (χ3n) is 2.17. The van der Waals surface area contributed by atoms with Gasteiger partial charge in [-0.3, -0.25) is 9.48 Å². The minimum atomic E-state index is -0.169. The molecule has 2 N–H and O–H groups in total. The number of nitrogens with zero attached hydrogens (tertiary/aromatic N) is 2. The van der Waals surface area contributed by atoms with Gasteiger partial charge in [0.2, 0.25) is 5.91 Å². The molecule has 0 aliphatic heterocycles. The van der Waals surface area contributed by atoms with Crippen LogP contribution >= 0.6 is 0 Å². The van der Waals surface area contributed by atoms with Gasteiger partial charge in [-0.2, -0.15) is 5.10 Å². The van der Waals surface area contributed by atoms with E-state index in [0.29, 0.717) is 0 Å². The minimum Gasteiger partial charge on any atom is -0.353 e. The number of nitrogens with one attached hydrogen (secondary N) is 2. The molecule has 0 saturated carbocycles. The molecule has 90 valence electrons. The Labute approximate surface area is 96.2 Å². The number of amides is 1. The molecule has 0 spiro atoms. The Hall–Kier alpha value is -1.36. The fourth-order valence-corrected chi connectivity index (χ4v) is 1.33. The summed E-state index contributed by atoms with van der Waals surface area (Å²) >= 11 is 0. The highest BCUT2D eigenvalue weighted by atomic mass is 16.2. The fraction of sp³-hybridized carbons (Fsp3) is 0.636. The molecule has 1 rings (SSSR count). The second kappa shape index (κ2) is 6.27. The summed E-state index contributed by atoms with van der Waals surface area (Å²) < 4.78 is 1.83. The summed E-state index contributed by atoms with van der Waals surface area (Å²) in [5, 5.41) is 10.1. The normalized spacial score (nSPS) is 12.8. The third-order valence-corrected chi connectivity index (χ3v) is 2.17. The van der Waals surface area contributed by atoms with E-state index in [0.717, 1.165) is 13.1 Å². The van der Waals surface area contributed by atoms with E-state index in [1.807, 2.05) is 37.7 Å². The Kier molecular flexibility index (Phi) is 4.98. The second-order valence-corrected chi connectivity index (χ2v) is 4.11. The molecule has 1 amide bonds. The van der Waals surface area contributed by atoms with E-state index in [4.69, 9.17) is 0 Å². The summed E-state index contributed by atoms with van der Waals surface area (Å²) in [4.78, 5) is 11.5. The first-order chi connectivity index (χ1) is 7.59. The summed E-state index contributed by atoms with van der Waals surface area (Å²) in [5.74, 6) is 0.0375. The van der Waals surface area contributed by atoms with Crippen LogP contribution in [0.2, 0.25) is 0 Å². The standard InChI is InChI=1S/C11H20N4O/c1-9(2)14-11(16)10(3)12-6-8-15-7-4-5-13-15/h4-5,7,9-10,12H,6,8H2,1-3H3,(H,14,16)/t10-/m0/s1. The van der Waals surface area contributed by atoms with E-state index in [1.165, 1.54) is 0 Å². The van der Waals surface area contributed by atoms with E-state index in [9.17, 15) is 4.79 Å². The summed E-state index contributed by atoms with van der Waals surface area (Å²) in [6.07, 6.45) is 3.65. The summed E-state index contributed by atoms with van der Waals surface area (Å²) in [7, 11) is 0. The van der Waals surface area contributed by atoms with E-state index in [2.05, 4.69) is 15.7 Å². The van der Waals surface area contributed by atoms with Gasteiger partial charge in [-0.15, -0.1) is 0 Å². The van der Waals surface area contributed by atoms with E-state index >= 15 is 0 Å². The zero-order chi connectivity index (χ0) is 12.0. The molecule has 16 heavy (non-hydrogen) atoms. The smallest absolute Gasteiger partial charge is 0.237 e. The van der Waals surface area contributed by atoms with Gasteiger partial charge in [-0.1, -0.05) is 0 Å². The number of rotatable bonds is 6. The van der Waals surface area contributed by atoms with Gasteiger partial charge in [0.05, 0.1) is 12.6 Å². The molecule has 0 saturated heterocycles. The van der Waals surface area contributed by atoms with Crippen molar-refractivity contribution in [1.82, 2.24) is 20.4 Å². The van der Waals surface area contributed by atoms with Crippen molar-refractivity contribution in [1.29, 1.82) is 0 Å². The highest BCUT2D eigenvalue weighted by Crippen LogP contribution is 1.87. The lowest BCUT2D eigenvalue weighted by Gasteiger charge is -2.15. The van der Waals surface area contributed by atoms with E-state index in [-0.39, 0.29) is 18.0 Å². The van der Waals surface area contributed by atoms with Crippen LogP contribution in [0.15, 0.2) is 18.5 Å². The molecule has 1 atom stereocenters. The van der Waals surface area contributed by atoms with Crippen molar-refractivity contribution in [2.45, 2.75) is 39.4 Å². The molecule has 0 aliphatic rings. The monoisotopic (exact) mass is 224 g/mol. The zero-order valence-electron chi connectivity index (χ0n) is 10.1. The largest absolute Gasteiger partial charge is 0.353 e. The fourth-order valence-electron chi connectivity index (χ4n) is 1.33. The predicted molar refractivity (Wildman–Crippen MR) is 63.0 cm³/mol. The van der Waals surface area contributed by atoms with Gasteiger partial charge in [0, 0.05) is 25.0 Å². The lowest BCUT2D eigenvalue weighted by Crippen LogP contribution is -2.45. The molecule has 0 fully saturated rings. The van der Waals surface area contributed by atoms with Crippen LogP contribution in [0.25, 0.3) is 0 Å². The minimum absolute atomic E-state index is 0.0375. The lowest BCUT2D eigenvalue weighted by atomic mass is 10.3. The number of carbonyl (C=O) groups is 1. The summed E-state index contributed by atoms with van der Waals surface area (Å²) in [5.41, 5.74) is 0. The maximum absolute atomic E-state index is 11.5. The van der Waals surface area contributed by atoms with Gasteiger partial charge in [0.25, 0.3) is 0 Å². The number of aromatic nitrogens is 2. The molecule has 1 heterocycles. The van der Waals surface area contributed by atoms with Gasteiger partial charge in [0.1, 0.15) is 0 Å². The number of hydrogen-bond donors (Lipinski definition) is 2. The van der Waals surface area contributed by atoms with Crippen LogP contribution in [0.4, 0.5) is 0 Å². The Morgan fingerprint density at radius 3 is 2.75 bits per heavy atom. The molecule has 0 bridgehead atoms. The van der Waals surface area contributed by atoms with Crippen molar-refractivity contribution in [2.75, 3.05) is 6.54 Å². The van der Waals surface area contributed by atoms with E-state index < -0.39 is 0 Å². The molecular weight excluding hydrogens is 204 g/mol. The zero-order valence-corrected chi connectivity index (χ0v) is 10.1. The Bertz CT molecular complexity index is 308. The first-order valence-electron chi connectivity index (χ1n) is 5.61. The molecular formula is C11H20N4O. The molecule has 1 aromatic heterocycles. The van der Waals surface area contributed by atoms with Crippen molar-refractivity contribution < 1.29 is 4.79 Å². The average molecular weight is 224 g/mol. The predicted octanol–water partition coefficient (Wildman–Crippen LogP) is 0.386. The molecule has 0 unspecified atom stereocenters. The quantitative estimate of drug-likeness (QED) is 0.734. The highest BCUT2D eigenvalue weighted by molar-refractivity contribution is 5.81. The molecule has 1 aromatic rings. The third kappa shape index (κ3) is 4.44. The topological polar surface area (TPSA) is 59.0 Å². The SMILES string of the molecule is CC(C)NC(=O)[C@H](C)NCCn1cccn1. The first-order valence-corrected chi connectivity index (χ1v) is 5.61. The van der Waals surface area contributed by atoms with Crippen LogP contribution in [0.3, 0.4) is 0 Å². The Morgan fingerprint density at radius 2 is 2.19 bits per heavy atom. The van der Waals surface area contributed by atoms with Gasteiger partial charge in [-0.25, -0.2) is 0 Å². The van der Waals surface area contributed by atoms with Crippen molar-refractivity contribution in [3.8, 4) is 0 Å². The number of hydrogen-bond acceptors (Lipinski definition) is 3. The van der Waals surface area contributed by atoms with Gasteiger partial charge < -0.3 is 10.6 Å². The molecule has 0 aromatic carbocycles. The molecule has 5 nitrogen and oxygen atoms in total. The maximum Gasteiger partial charge on any atom is 0.237 e. The van der Waals surface area contributed by atoms with Crippen LogP contribution in [0.5, 0.6) is 0 Å². The van der Waals surface area contributed by atoms with Crippen LogP contribution in [0.1, 0.15) is 20.8 Å². The van der Waals surface area contributed by atoms with E-state index in [1.54, 1.807) is 6.20 Å². The number of carbonyl (C=O) groups excluding carboxylic acids is 1. The lowest BCUT2D eigenvalue weighted by molar-refractivity contribution is -0.123. The van der Waals surface area contributed by atoms with Crippen molar-refractivity contribution in [3.63, 3.8) is 0 Å². The van der Waals surface area contributed by atoms with Crippen molar-refractivity contribution in [2.24, 2.45) is 0 Å². The van der Waals surface area contributed by atoms with Crippen LogP contribution in [-0.2, 0) is 11.3 Å². The average Bonchev–Trinajstić information content (AvgIpc) is 2.69. The van der Waals surface area contributed by atoms with Crippen LogP contribution < -0.4 is 10.6 Å². The van der Waals surface area contributed by atoms with Crippen molar-refractivity contribution >= 4 is 5.91 Å². The van der Waals surface area contributed by atoms with Crippen LogP contribution in [0, 0.1) is 0 Å². The molecule has 0 radical (unpaired) electrons. The molecule has 0 aliphatic carbocycles. The van der Waals surface area contributed by atoms with Crippen LogP contribution in [-0.4, -0.2) is 34.3 Å². The summed E-state index contributed by atoms with van der Waals surface area (Å²) in [6.45, 7) is 7.27. The molecule has 5 heteroatoms.